The van der Waals surface area contributed by atoms with E-state index in [1.165, 1.54) is 12.1 Å². The van der Waals surface area contributed by atoms with Gasteiger partial charge in [-0.1, -0.05) is 11.6 Å². The summed E-state index contributed by atoms with van der Waals surface area (Å²) in [5.41, 5.74) is 5.01. The maximum absolute atomic E-state index is 13.4. The molecule has 1 amide bonds. The van der Waals surface area contributed by atoms with Gasteiger partial charge in [-0.3, -0.25) is 9.79 Å². The molecule has 4 bridgehead atoms. The molecule has 0 aromatic heterocycles. The first kappa shape index (κ1) is 22.8. The van der Waals surface area contributed by atoms with Crippen molar-refractivity contribution in [2.45, 2.75) is 57.1 Å². The summed E-state index contributed by atoms with van der Waals surface area (Å²) in [5.74, 6) is 1.41. The zero-order valence-electron chi connectivity index (χ0n) is 18.8. The number of carbonyl (C=O) groups excluding carboxylic acids is 1. The number of halogens is 2. The van der Waals surface area contributed by atoms with Crippen molar-refractivity contribution in [3.8, 4) is 11.8 Å². The van der Waals surface area contributed by atoms with Gasteiger partial charge in [0.2, 0.25) is 5.91 Å². The van der Waals surface area contributed by atoms with Gasteiger partial charge in [0.25, 0.3) is 0 Å². The molecule has 172 valence electrons. The Morgan fingerprint density at radius 2 is 2.03 bits per heavy atom. The largest absolute Gasteiger partial charge is 0.477 e. The number of amidine groups is 1. The quantitative estimate of drug-likeness (QED) is 0.509. The number of amides is 1. The second kappa shape index (κ2) is 8.22. The van der Waals surface area contributed by atoms with E-state index in [0.717, 1.165) is 38.2 Å². The third-order valence-corrected chi connectivity index (χ3v) is 7.85. The lowest BCUT2D eigenvalue weighted by Gasteiger charge is -2.58. The second-order valence-electron chi connectivity index (χ2n) is 10.2. The van der Waals surface area contributed by atoms with Crippen LogP contribution in [0.15, 0.2) is 23.2 Å². The molecule has 4 aliphatic carbocycles. The highest BCUT2D eigenvalue weighted by Crippen LogP contribution is 2.61. The van der Waals surface area contributed by atoms with E-state index >= 15 is 0 Å². The Balaban J connectivity index is 1.60. The van der Waals surface area contributed by atoms with Crippen molar-refractivity contribution in [3.05, 3.63) is 29.0 Å². The second-order valence-corrected chi connectivity index (χ2v) is 10.6. The van der Waals surface area contributed by atoms with Gasteiger partial charge in [0, 0.05) is 14.1 Å². The maximum atomic E-state index is 13.4. The van der Waals surface area contributed by atoms with Crippen molar-refractivity contribution in [1.29, 1.82) is 5.26 Å². The van der Waals surface area contributed by atoms with Crippen molar-refractivity contribution in [2.24, 2.45) is 33.9 Å². The zero-order valence-corrected chi connectivity index (χ0v) is 19.5. The van der Waals surface area contributed by atoms with E-state index in [4.69, 9.17) is 27.1 Å². The van der Waals surface area contributed by atoms with Gasteiger partial charge in [-0.2, -0.15) is 5.26 Å². The molecule has 6 nitrogen and oxygen atoms in total. The van der Waals surface area contributed by atoms with Gasteiger partial charge < -0.3 is 15.4 Å². The van der Waals surface area contributed by atoms with Crippen LogP contribution in [0.2, 0.25) is 5.02 Å². The van der Waals surface area contributed by atoms with E-state index in [2.05, 4.69) is 6.07 Å². The molecule has 0 spiro atoms. The number of nitrogens with two attached hydrogens (primary N) is 1. The van der Waals surface area contributed by atoms with E-state index in [9.17, 15) is 14.4 Å². The highest BCUT2D eigenvalue weighted by molar-refractivity contribution is 6.32. The summed E-state index contributed by atoms with van der Waals surface area (Å²) in [6, 6.07) is 5.98. The summed E-state index contributed by atoms with van der Waals surface area (Å²) in [5, 5.41) is 9.53. The summed E-state index contributed by atoms with van der Waals surface area (Å²) in [6.07, 6.45) is 4.72. The molecular weight excluding hydrogens is 431 g/mol. The normalized spacial score (nSPS) is 32.8. The molecule has 1 aromatic rings. The molecule has 8 heteroatoms. The highest BCUT2D eigenvalue weighted by atomic mass is 35.5. The van der Waals surface area contributed by atoms with Crippen LogP contribution in [0, 0.1) is 40.3 Å². The van der Waals surface area contributed by atoms with Crippen molar-refractivity contribution in [3.63, 3.8) is 0 Å². The molecule has 5 rings (SSSR count). The van der Waals surface area contributed by atoms with E-state index in [0.29, 0.717) is 17.8 Å². The van der Waals surface area contributed by atoms with E-state index in [-0.39, 0.29) is 40.4 Å². The molecular formula is C24H30ClFN4O2. The van der Waals surface area contributed by atoms with Crippen LogP contribution in [0.5, 0.6) is 5.75 Å². The molecule has 0 heterocycles. The molecule has 4 fully saturated rings. The van der Waals surface area contributed by atoms with Gasteiger partial charge in [-0.15, -0.1) is 0 Å². The van der Waals surface area contributed by atoms with Crippen LogP contribution < -0.4 is 10.5 Å². The molecule has 2 N–H and O–H groups in total. The number of nitriles is 1. The minimum atomic E-state index is -1.19. The molecule has 4 aliphatic rings. The molecule has 0 radical (unpaired) electrons. The van der Waals surface area contributed by atoms with Crippen molar-refractivity contribution in [2.75, 3.05) is 14.1 Å². The van der Waals surface area contributed by atoms with Crippen molar-refractivity contribution < 1.29 is 13.9 Å². The Labute approximate surface area is 193 Å². The Bertz CT molecular complexity index is 975. The summed E-state index contributed by atoms with van der Waals surface area (Å²) >= 11 is 6.14. The number of ether oxygens (including phenoxy) is 1. The average molecular weight is 461 g/mol. The molecule has 1 aromatic carbocycles. The van der Waals surface area contributed by atoms with Crippen molar-refractivity contribution in [1.82, 2.24) is 4.90 Å². The zero-order chi connectivity index (χ0) is 23.3. The number of hydrogen-bond acceptors (Lipinski definition) is 4. The maximum Gasteiger partial charge on any atom is 0.228 e. The Hall–Kier alpha value is -2.33. The summed E-state index contributed by atoms with van der Waals surface area (Å²) < 4.78 is 19.5. The van der Waals surface area contributed by atoms with Gasteiger partial charge in [-0.25, -0.2) is 4.39 Å². The minimum Gasteiger partial charge on any atom is -0.477 e. The Morgan fingerprint density at radius 3 is 2.59 bits per heavy atom. The third-order valence-electron chi connectivity index (χ3n) is 7.56. The van der Waals surface area contributed by atoms with Crippen LogP contribution in [0.25, 0.3) is 0 Å². The van der Waals surface area contributed by atoms with Crippen LogP contribution in [-0.2, 0) is 4.79 Å². The average Bonchev–Trinajstić information content (AvgIpc) is 2.71. The fourth-order valence-electron chi connectivity index (χ4n) is 6.37. The molecule has 32 heavy (non-hydrogen) atoms. The lowest BCUT2D eigenvalue weighted by atomic mass is 9.47. The Kier molecular flexibility index (Phi) is 5.87. The molecule has 3 atom stereocenters. The van der Waals surface area contributed by atoms with Crippen LogP contribution in [0.1, 0.15) is 45.4 Å². The van der Waals surface area contributed by atoms with E-state index < -0.39 is 11.4 Å². The van der Waals surface area contributed by atoms with Crippen LogP contribution in [0.3, 0.4) is 0 Å². The lowest BCUT2D eigenvalue weighted by Crippen LogP contribution is -2.58. The number of benzene rings is 1. The predicted octanol–water partition coefficient (Wildman–Crippen LogP) is 4.17. The standard InChI is InChI=1S/C24H30ClFN4O2/c1-23(6-7-27,32-19-5-4-17(26)10-18(19)25)21(28)29-20-15-8-14-9-16(20)13-24(11-14,12-15)22(31)30(2)3/h4-5,10,14-16,20H,6,8-9,11-13H2,1-3H3,(H2,28,29). The summed E-state index contributed by atoms with van der Waals surface area (Å²) in [7, 11) is 3.67. The fraction of sp³-hybridized carbons (Fsp3) is 0.625. The first-order valence-electron chi connectivity index (χ1n) is 11.1. The van der Waals surface area contributed by atoms with Crippen LogP contribution >= 0.6 is 11.6 Å². The first-order chi connectivity index (χ1) is 15.1. The smallest absolute Gasteiger partial charge is 0.228 e. The minimum absolute atomic E-state index is 0.0138. The molecule has 0 saturated heterocycles. The fourth-order valence-corrected chi connectivity index (χ4v) is 6.58. The van der Waals surface area contributed by atoms with Gasteiger partial charge in [-0.05, 0) is 75.0 Å². The Morgan fingerprint density at radius 1 is 1.38 bits per heavy atom. The molecule has 3 unspecified atom stereocenters. The van der Waals surface area contributed by atoms with Crippen LogP contribution in [0.4, 0.5) is 4.39 Å². The number of carbonyl (C=O) groups is 1. The monoisotopic (exact) mass is 460 g/mol. The van der Waals surface area contributed by atoms with Crippen LogP contribution in [-0.4, -0.2) is 42.4 Å². The van der Waals surface area contributed by atoms with Gasteiger partial charge in [0.15, 0.2) is 5.60 Å². The topological polar surface area (TPSA) is 91.7 Å². The summed E-state index contributed by atoms with van der Waals surface area (Å²) in [4.78, 5) is 19.6. The van der Waals surface area contributed by atoms with Crippen molar-refractivity contribution >= 4 is 23.3 Å². The number of hydrogen-bond donors (Lipinski definition) is 1. The molecule has 0 aliphatic heterocycles. The lowest BCUT2D eigenvalue weighted by molar-refractivity contribution is -0.156. The highest BCUT2D eigenvalue weighted by Gasteiger charge is 2.59. The molecule has 4 saturated carbocycles. The van der Waals surface area contributed by atoms with E-state index in [1.54, 1.807) is 11.8 Å². The third kappa shape index (κ3) is 3.94. The van der Waals surface area contributed by atoms with Gasteiger partial charge in [0.05, 0.1) is 29.0 Å². The SMILES string of the molecule is CN(C)C(=O)C12CC3CC(C1)C(N=C(N)C(C)(CC#N)Oc1ccc(F)cc1Cl)C(C3)C2. The first-order valence-corrected chi connectivity index (χ1v) is 11.5. The van der Waals surface area contributed by atoms with Gasteiger partial charge in [0.1, 0.15) is 17.4 Å². The number of rotatable bonds is 6. The number of aliphatic imine (C=N–C) groups is 1. The predicted molar refractivity (Wildman–Crippen MR) is 121 cm³/mol. The summed E-state index contributed by atoms with van der Waals surface area (Å²) in [6.45, 7) is 1.71. The number of nitrogens with zero attached hydrogens (tertiary/aromatic N) is 3. The van der Waals surface area contributed by atoms with E-state index in [1.807, 2.05) is 14.1 Å². The van der Waals surface area contributed by atoms with Gasteiger partial charge >= 0.3 is 0 Å².